The summed E-state index contributed by atoms with van der Waals surface area (Å²) in [5.74, 6) is 1.04. The molecule has 0 bridgehead atoms. The zero-order valence-corrected chi connectivity index (χ0v) is 15.8. The Bertz CT molecular complexity index is 924. The summed E-state index contributed by atoms with van der Waals surface area (Å²) in [4.78, 5) is 39.9. The fraction of sp³-hybridized carbons (Fsp3) is 0.476. The second kappa shape index (κ2) is 8.04. The Morgan fingerprint density at radius 3 is 2.43 bits per heavy atom. The van der Waals surface area contributed by atoms with Gasteiger partial charge in [-0.25, -0.2) is 9.59 Å². The summed E-state index contributed by atoms with van der Waals surface area (Å²) in [6, 6.07) is 11.7. The zero-order chi connectivity index (χ0) is 19.5. The van der Waals surface area contributed by atoms with E-state index in [-0.39, 0.29) is 23.3 Å². The van der Waals surface area contributed by atoms with Gasteiger partial charge < -0.3 is 10.2 Å². The highest BCUT2D eigenvalue weighted by atomic mass is 16.2. The molecule has 1 aliphatic carbocycles. The monoisotopic (exact) mass is 382 g/mol. The Labute approximate surface area is 163 Å². The molecule has 1 saturated heterocycles. The van der Waals surface area contributed by atoms with Crippen LogP contribution in [0.25, 0.3) is 0 Å². The summed E-state index contributed by atoms with van der Waals surface area (Å²) >= 11 is 0. The first kappa shape index (κ1) is 18.5. The van der Waals surface area contributed by atoms with E-state index in [1.807, 2.05) is 11.0 Å². The lowest BCUT2D eigenvalue weighted by Gasteiger charge is -2.33. The third-order valence-electron chi connectivity index (χ3n) is 5.89. The molecule has 0 radical (unpaired) electrons. The van der Waals surface area contributed by atoms with Gasteiger partial charge in [-0.15, -0.1) is 0 Å². The second-order valence-electron chi connectivity index (χ2n) is 7.78. The predicted molar refractivity (Wildman–Crippen MR) is 106 cm³/mol. The van der Waals surface area contributed by atoms with E-state index in [9.17, 15) is 14.4 Å². The Hall–Kier alpha value is -2.83. The fourth-order valence-electron chi connectivity index (χ4n) is 4.13. The zero-order valence-electron chi connectivity index (χ0n) is 15.8. The normalized spacial score (nSPS) is 18.6. The largest absolute Gasteiger partial charge is 0.337 e. The standard InChI is InChI=1S/C21H26N4O3/c26-19-10-13-25(21(28)23-19)17-8-11-24(12-9-17)20(27)22-14-18(16-6-7-16)15-4-2-1-3-5-15/h1-5,10,13,16-18H,6-9,11-12,14H2,(H,22,27)(H,23,26,28). The van der Waals surface area contributed by atoms with Crippen molar-refractivity contribution in [3.8, 4) is 0 Å². The number of amides is 2. The molecule has 2 fully saturated rings. The van der Waals surface area contributed by atoms with E-state index in [4.69, 9.17) is 0 Å². The van der Waals surface area contributed by atoms with Gasteiger partial charge >= 0.3 is 11.7 Å². The maximum absolute atomic E-state index is 12.6. The molecule has 7 heteroatoms. The summed E-state index contributed by atoms with van der Waals surface area (Å²) in [7, 11) is 0. The van der Waals surface area contributed by atoms with E-state index in [1.54, 1.807) is 10.8 Å². The number of aromatic amines is 1. The van der Waals surface area contributed by atoms with Gasteiger partial charge in [0.25, 0.3) is 5.56 Å². The van der Waals surface area contributed by atoms with Crippen LogP contribution in [0.1, 0.15) is 43.2 Å². The number of carbonyl (C=O) groups is 1. The Morgan fingerprint density at radius 2 is 1.79 bits per heavy atom. The summed E-state index contributed by atoms with van der Waals surface area (Å²) in [5, 5.41) is 3.12. The fourth-order valence-corrected chi connectivity index (χ4v) is 4.13. The van der Waals surface area contributed by atoms with Crippen LogP contribution in [0.5, 0.6) is 0 Å². The number of piperidine rings is 1. The molecule has 0 spiro atoms. The average Bonchev–Trinajstić information content (AvgIpc) is 3.54. The van der Waals surface area contributed by atoms with Crippen LogP contribution in [0.3, 0.4) is 0 Å². The van der Waals surface area contributed by atoms with Crippen molar-refractivity contribution < 1.29 is 4.79 Å². The van der Waals surface area contributed by atoms with Gasteiger partial charge in [0.1, 0.15) is 0 Å². The SMILES string of the molecule is O=C(NCC(c1ccccc1)C1CC1)N1CCC(n2ccc(=O)[nH]c2=O)CC1. The molecule has 148 valence electrons. The molecule has 1 aromatic carbocycles. The van der Waals surface area contributed by atoms with Crippen molar-refractivity contribution in [2.24, 2.45) is 5.92 Å². The lowest BCUT2D eigenvalue weighted by atomic mass is 9.94. The van der Waals surface area contributed by atoms with Gasteiger partial charge in [0.2, 0.25) is 0 Å². The summed E-state index contributed by atoms with van der Waals surface area (Å²) in [6.07, 6.45) is 5.40. The molecule has 2 heterocycles. The molecule has 2 amide bonds. The van der Waals surface area contributed by atoms with Crippen molar-refractivity contribution in [3.63, 3.8) is 0 Å². The van der Waals surface area contributed by atoms with Crippen LogP contribution >= 0.6 is 0 Å². The number of carbonyl (C=O) groups excluding carboxylic acids is 1. The molecule has 1 unspecified atom stereocenters. The van der Waals surface area contributed by atoms with E-state index in [1.165, 1.54) is 24.5 Å². The third kappa shape index (κ3) is 4.18. The number of rotatable bonds is 5. The molecule has 2 N–H and O–H groups in total. The van der Waals surface area contributed by atoms with Crippen LogP contribution < -0.4 is 16.6 Å². The Kier molecular flexibility index (Phi) is 5.32. The Morgan fingerprint density at radius 1 is 1.07 bits per heavy atom. The van der Waals surface area contributed by atoms with Crippen molar-refractivity contribution >= 4 is 6.03 Å². The van der Waals surface area contributed by atoms with Crippen molar-refractivity contribution in [2.75, 3.05) is 19.6 Å². The molecule has 1 saturated carbocycles. The summed E-state index contributed by atoms with van der Waals surface area (Å²) in [6.45, 7) is 1.86. The van der Waals surface area contributed by atoms with E-state index in [0.717, 1.165) is 0 Å². The lowest BCUT2D eigenvalue weighted by molar-refractivity contribution is 0.169. The van der Waals surface area contributed by atoms with Crippen molar-refractivity contribution in [3.05, 3.63) is 69.0 Å². The lowest BCUT2D eigenvalue weighted by Crippen LogP contribution is -2.46. The van der Waals surface area contributed by atoms with Gasteiger partial charge in [-0.3, -0.25) is 14.3 Å². The average molecular weight is 382 g/mol. The first-order valence-corrected chi connectivity index (χ1v) is 10.0. The van der Waals surface area contributed by atoms with Gasteiger partial charge in [0.05, 0.1) is 0 Å². The number of aromatic nitrogens is 2. The van der Waals surface area contributed by atoms with E-state index >= 15 is 0 Å². The summed E-state index contributed by atoms with van der Waals surface area (Å²) in [5.41, 5.74) is 0.522. The number of urea groups is 1. The first-order chi connectivity index (χ1) is 13.6. The topological polar surface area (TPSA) is 87.2 Å². The maximum Gasteiger partial charge on any atom is 0.328 e. The molecule has 4 rings (SSSR count). The first-order valence-electron chi connectivity index (χ1n) is 10.0. The number of likely N-dealkylation sites (tertiary alicyclic amines) is 1. The van der Waals surface area contributed by atoms with Crippen LogP contribution in [0.15, 0.2) is 52.2 Å². The van der Waals surface area contributed by atoms with Crippen molar-refractivity contribution in [2.45, 2.75) is 37.6 Å². The molecule has 1 atom stereocenters. The molecule has 1 aliphatic heterocycles. The molecule has 2 aliphatic rings. The quantitative estimate of drug-likeness (QED) is 0.830. The molecule has 7 nitrogen and oxygen atoms in total. The van der Waals surface area contributed by atoms with Crippen LogP contribution in [-0.2, 0) is 0 Å². The molecular weight excluding hydrogens is 356 g/mol. The van der Waals surface area contributed by atoms with Crippen molar-refractivity contribution in [1.29, 1.82) is 0 Å². The van der Waals surface area contributed by atoms with E-state index < -0.39 is 0 Å². The molecule has 28 heavy (non-hydrogen) atoms. The third-order valence-corrected chi connectivity index (χ3v) is 5.89. The van der Waals surface area contributed by atoms with E-state index in [0.29, 0.717) is 44.3 Å². The van der Waals surface area contributed by atoms with Gasteiger partial charge in [-0.1, -0.05) is 30.3 Å². The minimum atomic E-state index is -0.387. The number of nitrogens with zero attached hydrogens (tertiary/aromatic N) is 2. The molecule has 2 aromatic rings. The number of hydrogen-bond donors (Lipinski definition) is 2. The number of H-pyrrole nitrogens is 1. The maximum atomic E-state index is 12.6. The highest BCUT2D eigenvalue weighted by molar-refractivity contribution is 5.74. The molecular formula is C21H26N4O3. The van der Waals surface area contributed by atoms with Crippen LogP contribution in [0, 0.1) is 5.92 Å². The van der Waals surface area contributed by atoms with E-state index in [2.05, 4.69) is 34.6 Å². The van der Waals surface area contributed by atoms with Gasteiger partial charge in [-0.2, -0.15) is 0 Å². The Balaban J connectivity index is 1.31. The van der Waals surface area contributed by atoms with Crippen LogP contribution in [0.4, 0.5) is 4.79 Å². The van der Waals surface area contributed by atoms with Gasteiger partial charge in [0.15, 0.2) is 0 Å². The minimum absolute atomic E-state index is 0.0110. The highest BCUT2D eigenvalue weighted by Crippen LogP contribution is 2.42. The molecule has 1 aromatic heterocycles. The number of hydrogen-bond acceptors (Lipinski definition) is 3. The number of nitrogens with one attached hydrogen (secondary N) is 2. The van der Waals surface area contributed by atoms with Gasteiger partial charge in [-0.05, 0) is 37.2 Å². The van der Waals surface area contributed by atoms with Crippen LogP contribution in [0.2, 0.25) is 0 Å². The van der Waals surface area contributed by atoms with Crippen LogP contribution in [-0.4, -0.2) is 40.1 Å². The summed E-state index contributed by atoms with van der Waals surface area (Å²) < 4.78 is 1.56. The second-order valence-corrected chi connectivity index (χ2v) is 7.78. The smallest absolute Gasteiger partial charge is 0.328 e. The number of benzene rings is 1. The van der Waals surface area contributed by atoms with Gasteiger partial charge in [0, 0.05) is 43.9 Å². The highest BCUT2D eigenvalue weighted by Gasteiger charge is 2.33. The van der Waals surface area contributed by atoms with Crippen molar-refractivity contribution in [1.82, 2.24) is 19.8 Å². The minimum Gasteiger partial charge on any atom is -0.337 e. The predicted octanol–water partition coefficient (Wildman–Crippen LogP) is 2.08.